The number of benzene rings is 1. The van der Waals surface area contributed by atoms with Gasteiger partial charge >= 0.3 is 0 Å². The molecule has 1 fully saturated rings. The zero-order chi connectivity index (χ0) is 12.3. The first-order valence-electron chi connectivity index (χ1n) is 6.25. The molecule has 0 bridgehead atoms. The molecule has 0 saturated carbocycles. The highest BCUT2D eigenvalue weighted by Crippen LogP contribution is 2.27. The van der Waals surface area contributed by atoms with Gasteiger partial charge in [0.05, 0.1) is 13.1 Å². The number of hydrogen-bond acceptors (Lipinski definition) is 3. The molecule has 0 aromatic heterocycles. The molecule has 0 spiro atoms. The highest BCUT2D eigenvalue weighted by Gasteiger charge is 2.18. The summed E-state index contributed by atoms with van der Waals surface area (Å²) in [6.07, 6.45) is 0. The van der Waals surface area contributed by atoms with Crippen LogP contribution in [0.5, 0.6) is 0 Å². The molecule has 3 nitrogen and oxygen atoms in total. The van der Waals surface area contributed by atoms with Crippen LogP contribution in [0.2, 0.25) is 0 Å². The van der Waals surface area contributed by atoms with E-state index in [0.29, 0.717) is 19.0 Å². The van der Waals surface area contributed by atoms with Crippen LogP contribution in [0.1, 0.15) is 25.3 Å². The van der Waals surface area contributed by atoms with Gasteiger partial charge in [-0.15, -0.1) is 0 Å². The summed E-state index contributed by atoms with van der Waals surface area (Å²) in [6.45, 7) is 7.18. The Balaban J connectivity index is 2.28. The summed E-state index contributed by atoms with van der Waals surface area (Å²) in [7, 11) is 0. The van der Waals surface area contributed by atoms with Crippen molar-refractivity contribution in [2.24, 2.45) is 0 Å². The normalized spacial score (nSPS) is 17.4. The number of carbonyl (C=O) groups excluding carboxylic acids is 1. The molecular weight excluding hydrogens is 212 g/mol. The molecule has 1 aliphatic heterocycles. The molecule has 2 rings (SSSR count). The monoisotopic (exact) mass is 232 g/mol. The van der Waals surface area contributed by atoms with Crippen molar-refractivity contribution >= 4 is 11.5 Å². The zero-order valence-corrected chi connectivity index (χ0v) is 10.6. The molecule has 1 saturated heterocycles. The van der Waals surface area contributed by atoms with Crippen LogP contribution in [-0.2, 0) is 4.79 Å². The largest absolute Gasteiger partial charge is 0.363 e. The van der Waals surface area contributed by atoms with Crippen molar-refractivity contribution in [3.05, 3.63) is 29.8 Å². The number of anilines is 1. The number of Topliss-reactive ketones (excluding diaryl/α,β-unsaturated/α-hetero) is 1. The average molecular weight is 232 g/mol. The summed E-state index contributed by atoms with van der Waals surface area (Å²) in [5.41, 5.74) is 2.53. The van der Waals surface area contributed by atoms with E-state index in [1.54, 1.807) is 0 Å². The van der Waals surface area contributed by atoms with Crippen LogP contribution in [0.15, 0.2) is 24.3 Å². The van der Waals surface area contributed by atoms with E-state index in [-0.39, 0.29) is 5.78 Å². The van der Waals surface area contributed by atoms with Gasteiger partial charge in [-0.05, 0) is 17.5 Å². The Hall–Kier alpha value is -1.35. The minimum absolute atomic E-state index is 0.265. The smallest absolute Gasteiger partial charge is 0.165 e. The van der Waals surface area contributed by atoms with Crippen LogP contribution >= 0.6 is 0 Å². The number of carbonyl (C=O) groups is 1. The molecule has 0 radical (unpaired) electrons. The Morgan fingerprint density at radius 2 is 2.06 bits per heavy atom. The fraction of sp³-hybridized carbons (Fsp3) is 0.500. The number of hydrogen-bond donors (Lipinski definition) is 1. The molecule has 0 atom stereocenters. The maximum absolute atomic E-state index is 11.6. The third-order valence-corrected chi connectivity index (χ3v) is 3.15. The first-order valence-corrected chi connectivity index (χ1v) is 6.25. The first kappa shape index (κ1) is 12.1. The fourth-order valence-corrected chi connectivity index (χ4v) is 2.26. The second-order valence-corrected chi connectivity index (χ2v) is 4.85. The Kier molecular flexibility index (Phi) is 3.79. The minimum atomic E-state index is 0.265. The molecule has 1 N–H and O–H groups in total. The summed E-state index contributed by atoms with van der Waals surface area (Å²) in [4.78, 5) is 13.8. The molecule has 17 heavy (non-hydrogen) atoms. The number of ketones is 1. The second kappa shape index (κ2) is 5.32. The fourth-order valence-electron chi connectivity index (χ4n) is 2.26. The van der Waals surface area contributed by atoms with Crippen molar-refractivity contribution in [2.75, 3.05) is 31.1 Å². The maximum Gasteiger partial charge on any atom is 0.165 e. The van der Waals surface area contributed by atoms with E-state index in [2.05, 4.69) is 42.3 Å². The molecule has 0 amide bonds. The van der Waals surface area contributed by atoms with E-state index in [1.807, 2.05) is 6.07 Å². The van der Waals surface area contributed by atoms with Gasteiger partial charge in [0.2, 0.25) is 0 Å². The van der Waals surface area contributed by atoms with Crippen molar-refractivity contribution in [1.82, 2.24) is 5.32 Å². The molecule has 1 heterocycles. The number of nitrogens with one attached hydrogen (secondary N) is 1. The van der Waals surface area contributed by atoms with Crippen molar-refractivity contribution in [3.63, 3.8) is 0 Å². The number of para-hydroxylation sites is 1. The summed E-state index contributed by atoms with van der Waals surface area (Å²) in [5.74, 6) is 0.749. The van der Waals surface area contributed by atoms with Crippen LogP contribution in [0.4, 0.5) is 5.69 Å². The summed E-state index contributed by atoms with van der Waals surface area (Å²) in [5, 5.41) is 3.15. The van der Waals surface area contributed by atoms with E-state index in [0.717, 1.165) is 13.1 Å². The van der Waals surface area contributed by atoms with Gasteiger partial charge in [0, 0.05) is 18.8 Å². The first-order chi connectivity index (χ1) is 8.18. The molecule has 0 unspecified atom stereocenters. The molecule has 1 aromatic carbocycles. The molecule has 1 aliphatic rings. The highest BCUT2D eigenvalue weighted by molar-refractivity contribution is 5.86. The highest BCUT2D eigenvalue weighted by atomic mass is 16.1. The van der Waals surface area contributed by atoms with Gasteiger partial charge in [-0.1, -0.05) is 32.0 Å². The third kappa shape index (κ3) is 2.86. The van der Waals surface area contributed by atoms with Gasteiger partial charge in [-0.2, -0.15) is 0 Å². The maximum atomic E-state index is 11.6. The van der Waals surface area contributed by atoms with Crippen LogP contribution in [0.25, 0.3) is 0 Å². The summed E-state index contributed by atoms with van der Waals surface area (Å²) < 4.78 is 0. The minimum Gasteiger partial charge on any atom is -0.363 e. The second-order valence-electron chi connectivity index (χ2n) is 4.85. The lowest BCUT2D eigenvalue weighted by atomic mass is 10.0. The summed E-state index contributed by atoms with van der Waals surface area (Å²) in [6, 6.07) is 8.39. The van der Waals surface area contributed by atoms with Crippen molar-refractivity contribution < 1.29 is 4.79 Å². The van der Waals surface area contributed by atoms with Gasteiger partial charge < -0.3 is 10.2 Å². The van der Waals surface area contributed by atoms with E-state index in [4.69, 9.17) is 0 Å². The molecular formula is C14H20N2O. The van der Waals surface area contributed by atoms with Crippen molar-refractivity contribution in [1.29, 1.82) is 0 Å². The van der Waals surface area contributed by atoms with Crippen molar-refractivity contribution in [3.8, 4) is 0 Å². The SMILES string of the molecule is CC(C)c1ccccc1N1CCNCC(=O)C1. The van der Waals surface area contributed by atoms with Crippen molar-refractivity contribution in [2.45, 2.75) is 19.8 Å². The van der Waals surface area contributed by atoms with E-state index < -0.39 is 0 Å². The van der Waals surface area contributed by atoms with Crippen LogP contribution in [-0.4, -0.2) is 32.0 Å². The van der Waals surface area contributed by atoms with Crippen LogP contribution in [0, 0.1) is 0 Å². The van der Waals surface area contributed by atoms with Gasteiger partial charge in [0.15, 0.2) is 5.78 Å². The predicted molar refractivity (Wildman–Crippen MR) is 70.6 cm³/mol. The van der Waals surface area contributed by atoms with E-state index in [9.17, 15) is 4.79 Å². The number of rotatable bonds is 2. The van der Waals surface area contributed by atoms with Gasteiger partial charge in [0.1, 0.15) is 0 Å². The Labute approximate surface area is 103 Å². The van der Waals surface area contributed by atoms with Gasteiger partial charge in [0.25, 0.3) is 0 Å². The van der Waals surface area contributed by atoms with Crippen LogP contribution in [0.3, 0.4) is 0 Å². The molecule has 3 heteroatoms. The third-order valence-electron chi connectivity index (χ3n) is 3.15. The molecule has 1 aromatic rings. The topological polar surface area (TPSA) is 32.3 Å². The van der Waals surface area contributed by atoms with Gasteiger partial charge in [-0.3, -0.25) is 4.79 Å². The average Bonchev–Trinajstić information content (AvgIpc) is 2.54. The van der Waals surface area contributed by atoms with E-state index >= 15 is 0 Å². The van der Waals surface area contributed by atoms with Gasteiger partial charge in [-0.25, -0.2) is 0 Å². The lowest BCUT2D eigenvalue weighted by molar-refractivity contribution is -0.116. The lowest BCUT2D eigenvalue weighted by Crippen LogP contribution is -2.30. The Bertz CT molecular complexity index is 401. The quantitative estimate of drug-likeness (QED) is 0.843. The summed E-state index contributed by atoms with van der Waals surface area (Å²) >= 11 is 0. The molecule has 0 aliphatic carbocycles. The zero-order valence-electron chi connectivity index (χ0n) is 10.6. The van der Waals surface area contributed by atoms with Crippen LogP contribution < -0.4 is 10.2 Å². The Morgan fingerprint density at radius 3 is 2.82 bits per heavy atom. The number of nitrogens with zero attached hydrogens (tertiary/aromatic N) is 1. The predicted octanol–water partition coefficient (Wildman–Crippen LogP) is 1.79. The Morgan fingerprint density at radius 1 is 1.29 bits per heavy atom. The standard InChI is InChI=1S/C14H20N2O/c1-11(2)13-5-3-4-6-14(13)16-8-7-15-9-12(17)10-16/h3-6,11,15H,7-10H2,1-2H3. The lowest BCUT2D eigenvalue weighted by Gasteiger charge is -2.25. The van der Waals surface area contributed by atoms with E-state index in [1.165, 1.54) is 11.3 Å². The molecule has 92 valence electrons.